The van der Waals surface area contributed by atoms with Gasteiger partial charge in [0.1, 0.15) is 5.75 Å². The van der Waals surface area contributed by atoms with Gasteiger partial charge in [-0.3, -0.25) is 4.99 Å². The van der Waals surface area contributed by atoms with Gasteiger partial charge in [-0.15, -0.1) is 12.4 Å². The molecule has 0 atom stereocenters. The van der Waals surface area contributed by atoms with Gasteiger partial charge in [0.2, 0.25) is 0 Å². The van der Waals surface area contributed by atoms with Gasteiger partial charge in [0.15, 0.2) is 0 Å². The summed E-state index contributed by atoms with van der Waals surface area (Å²) in [5, 5.41) is 8.40. The van der Waals surface area contributed by atoms with Crippen LogP contribution >= 0.6 is 12.4 Å². The third-order valence-electron chi connectivity index (χ3n) is 3.37. The van der Waals surface area contributed by atoms with Gasteiger partial charge >= 0.3 is 0 Å². The van der Waals surface area contributed by atoms with Gasteiger partial charge < -0.3 is 4.74 Å². The van der Waals surface area contributed by atoms with E-state index in [0.717, 1.165) is 28.4 Å². The van der Waals surface area contributed by atoms with Crippen LogP contribution in [0.5, 0.6) is 5.75 Å². The quantitative estimate of drug-likeness (QED) is 0.394. The van der Waals surface area contributed by atoms with Crippen molar-refractivity contribution in [2.24, 2.45) is 15.2 Å². The van der Waals surface area contributed by atoms with E-state index in [1.807, 2.05) is 85.1 Å². The summed E-state index contributed by atoms with van der Waals surface area (Å²) in [5.41, 5.74) is 3.51. The molecule has 0 spiro atoms. The third kappa shape index (κ3) is 5.55. The second-order valence-corrected chi connectivity index (χ2v) is 5.08. The average Bonchev–Trinajstić information content (AvgIpc) is 2.67. The van der Waals surface area contributed by atoms with Gasteiger partial charge in [0.05, 0.1) is 24.2 Å². The van der Waals surface area contributed by atoms with Crippen molar-refractivity contribution < 1.29 is 4.74 Å². The summed E-state index contributed by atoms with van der Waals surface area (Å²) in [7, 11) is 1.65. The second kappa shape index (κ2) is 9.35. The number of hydrogen-bond donors (Lipinski definition) is 0. The maximum absolute atomic E-state index is 5.14. The minimum Gasteiger partial charge on any atom is -0.497 e. The summed E-state index contributed by atoms with van der Waals surface area (Å²) in [6.45, 7) is 0. The molecule has 0 saturated heterocycles. The fraction of sp³-hybridized carbons (Fsp3) is 0.0500. The number of rotatable bonds is 5. The molecule has 0 fully saturated rings. The zero-order valence-electron chi connectivity index (χ0n) is 13.7. The minimum absolute atomic E-state index is 0. The van der Waals surface area contributed by atoms with E-state index in [0.29, 0.717) is 0 Å². The summed E-state index contributed by atoms with van der Waals surface area (Å²) in [4.78, 5) is 4.45. The van der Waals surface area contributed by atoms with E-state index in [2.05, 4.69) is 15.2 Å². The Morgan fingerprint density at radius 2 is 1.24 bits per heavy atom. The molecule has 0 heterocycles. The lowest BCUT2D eigenvalue weighted by atomic mass is 10.2. The lowest BCUT2D eigenvalue weighted by molar-refractivity contribution is 0.415. The Labute approximate surface area is 153 Å². The zero-order chi connectivity index (χ0) is 16.6. The Balaban J connectivity index is 0.00000225. The fourth-order valence-electron chi connectivity index (χ4n) is 2.05. The number of hydrogen-bond acceptors (Lipinski definition) is 4. The molecule has 0 aromatic heterocycles. The van der Waals surface area contributed by atoms with Gasteiger partial charge in [-0.2, -0.15) is 10.2 Å². The van der Waals surface area contributed by atoms with E-state index in [4.69, 9.17) is 4.74 Å². The first-order valence-electron chi connectivity index (χ1n) is 7.58. The fourth-order valence-corrected chi connectivity index (χ4v) is 2.05. The standard InChI is InChI=1S/C20H17N3O.ClH/c1-24-20-13-7-16(8-14-20)15-21-17-9-11-19(12-10-17)23-22-18-5-3-2-4-6-18;/h2-15H,1H3;1H. The summed E-state index contributed by atoms with van der Waals surface area (Å²) in [5.74, 6) is 0.834. The highest BCUT2D eigenvalue weighted by atomic mass is 35.5. The normalized spacial score (nSPS) is 10.8. The van der Waals surface area contributed by atoms with E-state index in [1.165, 1.54) is 0 Å². The highest BCUT2D eigenvalue weighted by Gasteiger charge is 1.94. The largest absolute Gasteiger partial charge is 0.497 e. The first-order chi connectivity index (χ1) is 11.8. The molecule has 3 rings (SSSR count). The Hall–Kier alpha value is -2.98. The molecule has 3 aromatic rings. The third-order valence-corrected chi connectivity index (χ3v) is 3.37. The molecule has 0 amide bonds. The monoisotopic (exact) mass is 351 g/mol. The van der Waals surface area contributed by atoms with Gasteiger partial charge in [-0.25, -0.2) is 0 Å². The van der Waals surface area contributed by atoms with E-state index in [9.17, 15) is 0 Å². The lowest BCUT2D eigenvalue weighted by Crippen LogP contribution is -1.84. The highest BCUT2D eigenvalue weighted by Crippen LogP contribution is 2.21. The first-order valence-corrected chi connectivity index (χ1v) is 7.58. The van der Waals surface area contributed by atoms with Crippen LogP contribution in [0.25, 0.3) is 0 Å². The molecule has 0 saturated carbocycles. The minimum atomic E-state index is 0. The van der Waals surface area contributed by atoms with Crippen LogP contribution in [0, 0.1) is 0 Å². The van der Waals surface area contributed by atoms with Crippen molar-refractivity contribution in [2.75, 3.05) is 7.11 Å². The molecular weight excluding hydrogens is 334 g/mol. The second-order valence-electron chi connectivity index (χ2n) is 5.08. The maximum atomic E-state index is 5.14. The van der Waals surface area contributed by atoms with Crippen LogP contribution in [-0.2, 0) is 0 Å². The summed E-state index contributed by atoms with van der Waals surface area (Å²) < 4.78 is 5.14. The number of halogens is 1. The van der Waals surface area contributed by atoms with Gasteiger partial charge in [-0.1, -0.05) is 18.2 Å². The number of nitrogens with zero attached hydrogens (tertiary/aromatic N) is 3. The van der Waals surface area contributed by atoms with Gasteiger partial charge in [0, 0.05) is 6.21 Å². The summed E-state index contributed by atoms with van der Waals surface area (Å²) >= 11 is 0. The summed E-state index contributed by atoms with van der Waals surface area (Å²) in [6, 6.07) is 25.0. The van der Waals surface area contributed by atoms with E-state index >= 15 is 0 Å². The predicted octanol–water partition coefficient (Wildman–Crippen LogP) is 6.28. The van der Waals surface area contributed by atoms with Gasteiger partial charge in [0.25, 0.3) is 0 Å². The predicted molar refractivity (Wildman–Crippen MR) is 105 cm³/mol. The van der Waals surface area contributed by atoms with E-state index in [-0.39, 0.29) is 12.4 Å². The van der Waals surface area contributed by atoms with Crippen LogP contribution in [0.1, 0.15) is 5.56 Å². The average molecular weight is 352 g/mol. The SMILES string of the molecule is COc1ccc(C=Nc2ccc(N=Nc3ccccc3)cc2)cc1.Cl. The van der Waals surface area contributed by atoms with Crippen molar-refractivity contribution in [3.8, 4) is 5.75 Å². The van der Waals surface area contributed by atoms with Crippen molar-refractivity contribution in [3.05, 3.63) is 84.4 Å². The van der Waals surface area contributed by atoms with Crippen molar-refractivity contribution in [2.45, 2.75) is 0 Å². The molecule has 0 radical (unpaired) electrons. The van der Waals surface area contributed by atoms with Crippen LogP contribution in [0.15, 0.2) is 94.1 Å². The molecule has 0 unspecified atom stereocenters. The lowest BCUT2D eigenvalue weighted by Gasteiger charge is -1.99. The van der Waals surface area contributed by atoms with E-state index < -0.39 is 0 Å². The maximum Gasteiger partial charge on any atom is 0.118 e. The molecular formula is C20H18ClN3O. The van der Waals surface area contributed by atoms with Crippen molar-refractivity contribution >= 4 is 35.7 Å². The number of aliphatic imine (C=N–C) groups is 1. The number of azo groups is 1. The molecule has 4 nitrogen and oxygen atoms in total. The van der Waals surface area contributed by atoms with E-state index in [1.54, 1.807) is 7.11 Å². The van der Waals surface area contributed by atoms with Crippen LogP contribution in [-0.4, -0.2) is 13.3 Å². The van der Waals surface area contributed by atoms with Crippen LogP contribution < -0.4 is 4.74 Å². The number of methoxy groups -OCH3 is 1. The number of benzene rings is 3. The molecule has 0 aliphatic heterocycles. The molecule has 3 aromatic carbocycles. The van der Waals surface area contributed by atoms with Gasteiger partial charge in [-0.05, 0) is 66.2 Å². The van der Waals surface area contributed by atoms with Crippen molar-refractivity contribution in [1.82, 2.24) is 0 Å². The Bertz CT molecular complexity index is 829. The van der Waals surface area contributed by atoms with Crippen LogP contribution in [0.3, 0.4) is 0 Å². The van der Waals surface area contributed by atoms with Crippen LogP contribution in [0.2, 0.25) is 0 Å². The molecule has 0 N–H and O–H groups in total. The smallest absolute Gasteiger partial charge is 0.118 e. The molecule has 126 valence electrons. The Morgan fingerprint density at radius 1 is 0.680 bits per heavy atom. The zero-order valence-corrected chi connectivity index (χ0v) is 14.6. The molecule has 0 aliphatic rings. The Morgan fingerprint density at radius 3 is 1.84 bits per heavy atom. The molecule has 25 heavy (non-hydrogen) atoms. The van der Waals surface area contributed by atoms with Crippen molar-refractivity contribution in [3.63, 3.8) is 0 Å². The topological polar surface area (TPSA) is 46.3 Å². The number of ether oxygens (including phenoxy) is 1. The first kappa shape index (κ1) is 18.4. The highest BCUT2D eigenvalue weighted by molar-refractivity contribution is 5.85. The van der Waals surface area contributed by atoms with Crippen molar-refractivity contribution in [1.29, 1.82) is 0 Å². The molecule has 0 bridgehead atoms. The Kier molecular flexibility index (Phi) is 6.87. The summed E-state index contributed by atoms with van der Waals surface area (Å²) in [6.07, 6.45) is 1.82. The van der Waals surface area contributed by atoms with Crippen LogP contribution in [0.4, 0.5) is 17.1 Å². The molecule has 5 heteroatoms. The molecule has 0 aliphatic carbocycles.